The fourth-order valence-electron chi connectivity index (χ4n) is 4.67. The number of ether oxygens (including phenoxy) is 1. The molecule has 1 fully saturated rings. The van der Waals surface area contributed by atoms with E-state index in [4.69, 9.17) is 4.74 Å². The van der Waals surface area contributed by atoms with Gasteiger partial charge in [-0.05, 0) is 74.0 Å². The molecule has 4 rings (SSSR count). The van der Waals surface area contributed by atoms with E-state index < -0.39 is 0 Å². The smallest absolute Gasteiger partial charge is 0.264 e. The van der Waals surface area contributed by atoms with Gasteiger partial charge in [-0.25, -0.2) is 4.98 Å². The molecular formula is C27H34N4O2S. The van der Waals surface area contributed by atoms with Gasteiger partial charge >= 0.3 is 0 Å². The molecule has 0 saturated heterocycles. The van der Waals surface area contributed by atoms with Crippen LogP contribution in [0.2, 0.25) is 0 Å². The summed E-state index contributed by atoms with van der Waals surface area (Å²) < 4.78 is 5.71. The molecule has 0 bridgehead atoms. The van der Waals surface area contributed by atoms with E-state index >= 15 is 0 Å². The molecule has 2 aromatic heterocycles. The average Bonchev–Trinajstić information content (AvgIpc) is 3.42. The second kappa shape index (κ2) is 11.0. The number of hydrogen-bond acceptors (Lipinski definition) is 6. The highest BCUT2D eigenvalue weighted by molar-refractivity contribution is 7.12. The lowest BCUT2D eigenvalue weighted by molar-refractivity contribution is 0.0604. The normalized spacial score (nSPS) is 17.9. The summed E-state index contributed by atoms with van der Waals surface area (Å²) in [6, 6.07) is 14.9. The van der Waals surface area contributed by atoms with Crippen molar-refractivity contribution < 1.29 is 9.53 Å². The lowest BCUT2D eigenvalue weighted by atomic mass is 9.89. The van der Waals surface area contributed by atoms with E-state index in [-0.39, 0.29) is 11.9 Å². The van der Waals surface area contributed by atoms with Crippen molar-refractivity contribution >= 4 is 23.1 Å². The minimum absolute atomic E-state index is 0.104. The molecule has 1 N–H and O–H groups in total. The molecule has 0 radical (unpaired) electrons. The second-order valence-corrected chi connectivity index (χ2v) is 9.98. The van der Waals surface area contributed by atoms with Crippen molar-refractivity contribution in [3.8, 4) is 16.9 Å². The quantitative estimate of drug-likeness (QED) is 0.491. The van der Waals surface area contributed by atoms with Gasteiger partial charge in [0.15, 0.2) is 0 Å². The summed E-state index contributed by atoms with van der Waals surface area (Å²) in [6.07, 6.45) is 6.06. The summed E-state index contributed by atoms with van der Waals surface area (Å²) in [4.78, 5) is 23.0. The number of amides is 1. The molecule has 1 aromatic carbocycles. The van der Waals surface area contributed by atoms with Crippen molar-refractivity contribution in [2.75, 3.05) is 33.2 Å². The van der Waals surface area contributed by atoms with Crippen molar-refractivity contribution in [2.24, 2.45) is 0 Å². The number of nitrogens with zero attached hydrogens (tertiary/aromatic N) is 3. The summed E-state index contributed by atoms with van der Waals surface area (Å²) in [5.74, 6) is 1.82. The van der Waals surface area contributed by atoms with Gasteiger partial charge in [0.05, 0.1) is 12.0 Å². The van der Waals surface area contributed by atoms with E-state index in [0.29, 0.717) is 12.6 Å². The predicted molar refractivity (Wildman–Crippen MR) is 140 cm³/mol. The van der Waals surface area contributed by atoms with Gasteiger partial charge in [-0.3, -0.25) is 4.79 Å². The highest BCUT2D eigenvalue weighted by Crippen LogP contribution is 2.32. The van der Waals surface area contributed by atoms with Crippen LogP contribution in [-0.4, -0.2) is 56.1 Å². The van der Waals surface area contributed by atoms with Gasteiger partial charge < -0.3 is 19.9 Å². The van der Waals surface area contributed by atoms with E-state index in [9.17, 15) is 4.79 Å². The van der Waals surface area contributed by atoms with Crippen LogP contribution in [0.5, 0.6) is 5.75 Å². The number of methoxy groups -OCH3 is 1. The Morgan fingerprint density at radius 3 is 2.47 bits per heavy atom. The minimum Gasteiger partial charge on any atom is -0.496 e. The Bertz CT molecular complexity index is 1070. The molecule has 1 saturated carbocycles. The molecule has 34 heavy (non-hydrogen) atoms. The fourth-order valence-corrected chi connectivity index (χ4v) is 5.35. The van der Waals surface area contributed by atoms with Crippen LogP contribution in [0.15, 0.2) is 54.0 Å². The fraction of sp³-hybridized carbons (Fsp3) is 0.407. The number of nitrogens with one attached hydrogen (secondary N) is 1. The first-order chi connectivity index (χ1) is 16.5. The molecule has 6 nitrogen and oxygen atoms in total. The first-order valence-electron chi connectivity index (χ1n) is 11.8. The zero-order valence-electron chi connectivity index (χ0n) is 20.5. The number of thiophene rings is 1. The van der Waals surface area contributed by atoms with Gasteiger partial charge in [0.1, 0.15) is 11.6 Å². The molecule has 3 aromatic rings. The number of carbonyl (C=O) groups excluding carboxylic acids is 1. The summed E-state index contributed by atoms with van der Waals surface area (Å²) in [5, 5.41) is 5.36. The predicted octanol–water partition coefficient (Wildman–Crippen LogP) is 5.06. The number of anilines is 1. The molecule has 7 heteroatoms. The van der Waals surface area contributed by atoms with E-state index in [1.807, 2.05) is 61.9 Å². The van der Waals surface area contributed by atoms with Crippen molar-refractivity contribution in [3.05, 3.63) is 64.5 Å². The highest BCUT2D eigenvalue weighted by Gasteiger charge is 2.30. The molecule has 1 amide bonds. The van der Waals surface area contributed by atoms with E-state index in [2.05, 4.69) is 33.4 Å². The third-order valence-electron chi connectivity index (χ3n) is 6.70. The van der Waals surface area contributed by atoms with Gasteiger partial charge in [-0.2, -0.15) is 0 Å². The SMILES string of the molecule is CNC1CCC(N(Cc2cc(-c3ccc(N(C)C)nc3)ccc2OC)C(=O)c2cccs2)CC1. The first kappa shape index (κ1) is 24.2. The van der Waals surface area contributed by atoms with Crippen molar-refractivity contribution in [1.29, 1.82) is 0 Å². The number of carbonyl (C=O) groups is 1. The second-order valence-electron chi connectivity index (χ2n) is 9.03. The van der Waals surface area contributed by atoms with Crippen molar-refractivity contribution in [2.45, 2.75) is 44.3 Å². The Labute approximate surface area is 206 Å². The summed E-state index contributed by atoms with van der Waals surface area (Å²) >= 11 is 1.51. The van der Waals surface area contributed by atoms with Crippen LogP contribution in [0.4, 0.5) is 5.82 Å². The first-order valence-corrected chi connectivity index (χ1v) is 12.7. The monoisotopic (exact) mass is 478 g/mol. The van der Waals surface area contributed by atoms with E-state index in [1.54, 1.807) is 7.11 Å². The lowest BCUT2D eigenvalue weighted by Gasteiger charge is -2.37. The van der Waals surface area contributed by atoms with Gasteiger partial charge in [-0.15, -0.1) is 11.3 Å². The number of aromatic nitrogens is 1. The molecule has 1 aliphatic rings. The maximum Gasteiger partial charge on any atom is 0.264 e. The topological polar surface area (TPSA) is 57.7 Å². The molecule has 0 atom stereocenters. The summed E-state index contributed by atoms with van der Waals surface area (Å²) in [7, 11) is 7.68. The van der Waals surface area contributed by atoms with E-state index in [0.717, 1.165) is 58.8 Å². The van der Waals surface area contributed by atoms with E-state index in [1.165, 1.54) is 11.3 Å². The number of rotatable bonds is 8. The number of hydrogen-bond donors (Lipinski definition) is 1. The average molecular weight is 479 g/mol. The van der Waals surface area contributed by atoms with Crippen LogP contribution in [0.25, 0.3) is 11.1 Å². The van der Waals surface area contributed by atoms with Crippen LogP contribution >= 0.6 is 11.3 Å². The Kier molecular flexibility index (Phi) is 7.85. The molecular weight excluding hydrogens is 444 g/mol. The third kappa shape index (κ3) is 5.42. The van der Waals surface area contributed by atoms with Crippen LogP contribution in [-0.2, 0) is 6.54 Å². The maximum atomic E-state index is 13.6. The number of benzene rings is 1. The zero-order chi connectivity index (χ0) is 24.1. The van der Waals surface area contributed by atoms with Gasteiger partial charge in [0.25, 0.3) is 5.91 Å². The molecule has 1 aliphatic carbocycles. The minimum atomic E-state index is 0.104. The van der Waals surface area contributed by atoms with Gasteiger partial charge in [0, 0.05) is 50.0 Å². The van der Waals surface area contributed by atoms with Crippen LogP contribution in [0, 0.1) is 0 Å². The highest BCUT2D eigenvalue weighted by atomic mass is 32.1. The van der Waals surface area contributed by atoms with Crippen molar-refractivity contribution in [3.63, 3.8) is 0 Å². The maximum absolute atomic E-state index is 13.6. The van der Waals surface area contributed by atoms with Crippen molar-refractivity contribution in [1.82, 2.24) is 15.2 Å². The zero-order valence-corrected chi connectivity index (χ0v) is 21.3. The number of pyridine rings is 1. The molecule has 2 heterocycles. The molecule has 180 valence electrons. The molecule has 0 aliphatic heterocycles. The Morgan fingerprint density at radius 1 is 1.12 bits per heavy atom. The summed E-state index contributed by atoms with van der Waals surface area (Å²) in [5.41, 5.74) is 3.12. The third-order valence-corrected chi connectivity index (χ3v) is 7.56. The van der Waals surface area contributed by atoms with Gasteiger partial charge in [-0.1, -0.05) is 12.1 Å². The Balaban J connectivity index is 1.64. The van der Waals surface area contributed by atoms with Crippen LogP contribution in [0.3, 0.4) is 0 Å². The Morgan fingerprint density at radius 2 is 1.88 bits per heavy atom. The lowest BCUT2D eigenvalue weighted by Crippen LogP contribution is -2.44. The van der Waals surface area contributed by atoms with Gasteiger partial charge in [0.2, 0.25) is 0 Å². The molecule has 0 spiro atoms. The Hall–Kier alpha value is -2.90. The van der Waals surface area contributed by atoms with Crippen LogP contribution in [0.1, 0.15) is 40.9 Å². The van der Waals surface area contributed by atoms with Crippen LogP contribution < -0.4 is 15.0 Å². The largest absolute Gasteiger partial charge is 0.496 e. The molecule has 0 unspecified atom stereocenters. The standard InChI is InChI=1S/C27H34N4O2S/c1-28-22-9-11-23(12-10-22)31(27(32)25-6-5-15-34-25)18-21-16-19(7-13-24(21)33-4)20-8-14-26(29-17-20)30(2)3/h5-8,13-17,22-23,28H,9-12,18H2,1-4H3. The summed E-state index contributed by atoms with van der Waals surface area (Å²) in [6.45, 7) is 0.520.